The van der Waals surface area contributed by atoms with Crippen molar-refractivity contribution in [1.29, 1.82) is 0 Å². The number of ether oxygens (including phenoxy) is 3. The molecule has 0 heterocycles. The molecule has 5 nitrogen and oxygen atoms in total. The van der Waals surface area contributed by atoms with Crippen LogP contribution < -0.4 is 4.74 Å². The second-order valence-corrected chi connectivity index (χ2v) is 3.41. The molecule has 5 heteroatoms. The number of benzene rings is 1. The van der Waals surface area contributed by atoms with Crippen molar-refractivity contribution >= 4 is 5.97 Å². The number of methoxy groups -OCH3 is 1. The Morgan fingerprint density at radius 3 is 2.71 bits per heavy atom. The molecular formula is C12H16O5. The third-order valence-electron chi connectivity index (χ3n) is 2.10. The van der Waals surface area contributed by atoms with Crippen LogP contribution in [0.2, 0.25) is 0 Å². The number of carbonyl (C=O) groups excluding carboxylic acids is 1. The van der Waals surface area contributed by atoms with Crippen molar-refractivity contribution in [2.75, 3.05) is 20.5 Å². The van der Waals surface area contributed by atoms with Gasteiger partial charge in [0.25, 0.3) is 0 Å². The summed E-state index contributed by atoms with van der Waals surface area (Å²) in [7, 11) is 1.47. The molecule has 17 heavy (non-hydrogen) atoms. The standard InChI is InChI=1S/C12H16O5/c1-4-16-12(14)11-8(2)5-9(13)6-10(11)17-7-15-3/h5-6,13H,4,7H2,1-3H3. The van der Waals surface area contributed by atoms with E-state index in [9.17, 15) is 9.90 Å². The van der Waals surface area contributed by atoms with Gasteiger partial charge in [0.15, 0.2) is 6.79 Å². The average Bonchev–Trinajstić information content (AvgIpc) is 2.25. The van der Waals surface area contributed by atoms with Gasteiger partial charge in [0.1, 0.15) is 17.1 Å². The van der Waals surface area contributed by atoms with E-state index in [2.05, 4.69) is 0 Å². The van der Waals surface area contributed by atoms with Crippen molar-refractivity contribution in [3.05, 3.63) is 23.3 Å². The molecule has 1 rings (SSSR count). The maximum absolute atomic E-state index is 11.7. The first-order valence-electron chi connectivity index (χ1n) is 5.22. The normalized spacial score (nSPS) is 10.1. The molecule has 0 unspecified atom stereocenters. The van der Waals surface area contributed by atoms with E-state index in [0.717, 1.165) is 0 Å². The summed E-state index contributed by atoms with van der Waals surface area (Å²) >= 11 is 0. The molecular weight excluding hydrogens is 224 g/mol. The summed E-state index contributed by atoms with van der Waals surface area (Å²) in [5.74, 6) is -0.194. The Bertz CT molecular complexity index is 400. The van der Waals surface area contributed by atoms with Gasteiger partial charge in [0, 0.05) is 13.2 Å². The lowest BCUT2D eigenvalue weighted by atomic mass is 10.1. The highest BCUT2D eigenvalue weighted by Gasteiger charge is 2.18. The molecule has 0 saturated heterocycles. The predicted octanol–water partition coefficient (Wildman–Crippen LogP) is 1.86. The SMILES string of the molecule is CCOC(=O)c1c(C)cc(O)cc1OCOC. The van der Waals surface area contributed by atoms with Crippen LogP contribution in [0.1, 0.15) is 22.8 Å². The Kier molecular flexibility index (Phi) is 4.78. The Hall–Kier alpha value is -1.75. The molecule has 1 N–H and O–H groups in total. The minimum atomic E-state index is -0.476. The first-order chi connectivity index (χ1) is 8.10. The van der Waals surface area contributed by atoms with Gasteiger partial charge in [-0.1, -0.05) is 0 Å². The second-order valence-electron chi connectivity index (χ2n) is 3.41. The number of rotatable bonds is 5. The lowest BCUT2D eigenvalue weighted by molar-refractivity contribution is 0.0436. The van der Waals surface area contributed by atoms with Gasteiger partial charge < -0.3 is 19.3 Å². The van der Waals surface area contributed by atoms with Crippen molar-refractivity contribution in [2.45, 2.75) is 13.8 Å². The van der Waals surface area contributed by atoms with Crippen LogP contribution in [0.4, 0.5) is 0 Å². The zero-order valence-corrected chi connectivity index (χ0v) is 10.1. The van der Waals surface area contributed by atoms with Crippen molar-refractivity contribution in [3.8, 4) is 11.5 Å². The summed E-state index contributed by atoms with van der Waals surface area (Å²) in [6.45, 7) is 3.70. The summed E-state index contributed by atoms with van der Waals surface area (Å²) in [6, 6.07) is 2.84. The molecule has 0 fully saturated rings. The van der Waals surface area contributed by atoms with Gasteiger partial charge in [0.05, 0.1) is 6.61 Å². The molecule has 1 aromatic rings. The van der Waals surface area contributed by atoms with E-state index in [1.165, 1.54) is 19.2 Å². The molecule has 0 bridgehead atoms. The predicted molar refractivity (Wildman–Crippen MR) is 61.3 cm³/mol. The quantitative estimate of drug-likeness (QED) is 0.628. The molecule has 0 radical (unpaired) electrons. The summed E-state index contributed by atoms with van der Waals surface area (Å²) in [4.78, 5) is 11.7. The molecule has 1 aromatic carbocycles. The lowest BCUT2D eigenvalue weighted by Crippen LogP contribution is -2.11. The number of aromatic hydroxyl groups is 1. The molecule has 0 aliphatic heterocycles. The molecule has 0 aliphatic rings. The van der Waals surface area contributed by atoms with Gasteiger partial charge in [-0.15, -0.1) is 0 Å². The van der Waals surface area contributed by atoms with E-state index in [0.29, 0.717) is 11.1 Å². The number of phenolic OH excluding ortho intramolecular Hbond substituents is 1. The Morgan fingerprint density at radius 2 is 2.12 bits per heavy atom. The minimum absolute atomic E-state index is 0.00466. The van der Waals surface area contributed by atoms with Crippen LogP contribution in [0, 0.1) is 6.92 Å². The maximum atomic E-state index is 11.7. The van der Waals surface area contributed by atoms with Crippen LogP contribution in [0.15, 0.2) is 12.1 Å². The summed E-state index contributed by atoms with van der Waals surface area (Å²) < 4.78 is 14.9. The summed E-state index contributed by atoms with van der Waals surface area (Å²) in [5, 5.41) is 9.46. The monoisotopic (exact) mass is 240 g/mol. The Balaban J connectivity index is 3.10. The van der Waals surface area contributed by atoms with E-state index in [1.807, 2.05) is 0 Å². The first kappa shape index (κ1) is 13.3. The topological polar surface area (TPSA) is 65.0 Å². The van der Waals surface area contributed by atoms with Gasteiger partial charge in [-0.25, -0.2) is 4.79 Å². The zero-order valence-electron chi connectivity index (χ0n) is 10.1. The van der Waals surface area contributed by atoms with Crippen LogP contribution in [-0.2, 0) is 9.47 Å². The van der Waals surface area contributed by atoms with Crippen molar-refractivity contribution in [2.24, 2.45) is 0 Å². The lowest BCUT2D eigenvalue weighted by Gasteiger charge is -2.12. The van der Waals surface area contributed by atoms with Gasteiger partial charge >= 0.3 is 5.97 Å². The fraction of sp³-hybridized carbons (Fsp3) is 0.417. The largest absolute Gasteiger partial charge is 0.508 e. The maximum Gasteiger partial charge on any atom is 0.342 e. The van der Waals surface area contributed by atoms with Gasteiger partial charge in [0.2, 0.25) is 0 Å². The van der Waals surface area contributed by atoms with E-state index in [4.69, 9.17) is 14.2 Å². The third kappa shape index (κ3) is 3.35. The summed E-state index contributed by atoms with van der Waals surface area (Å²) in [6.07, 6.45) is 0. The van der Waals surface area contributed by atoms with Crippen LogP contribution >= 0.6 is 0 Å². The highest BCUT2D eigenvalue weighted by Crippen LogP contribution is 2.28. The van der Waals surface area contributed by atoms with E-state index in [-0.39, 0.29) is 24.9 Å². The molecule has 0 aliphatic carbocycles. The van der Waals surface area contributed by atoms with Gasteiger partial charge in [-0.05, 0) is 25.5 Å². The number of carbonyl (C=O) groups is 1. The molecule has 0 spiro atoms. The highest BCUT2D eigenvalue weighted by atomic mass is 16.7. The van der Waals surface area contributed by atoms with E-state index < -0.39 is 5.97 Å². The number of hydrogen-bond acceptors (Lipinski definition) is 5. The fourth-order valence-corrected chi connectivity index (χ4v) is 1.44. The van der Waals surface area contributed by atoms with Crippen LogP contribution in [0.5, 0.6) is 11.5 Å². The van der Waals surface area contributed by atoms with E-state index >= 15 is 0 Å². The molecule has 0 atom stereocenters. The molecule has 94 valence electrons. The number of hydrogen-bond donors (Lipinski definition) is 1. The number of esters is 1. The van der Waals surface area contributed by atoms with Crippen molar-refractivity contribution < 1.29 is 24.1 Å². The number of phenols is 1. The van der Waals surface area contributed by atoms with Gasteiger partial charge in [-0.3, -0.25) is 0 Å². The summed E-state index contributed by atoms with van der Waals surface area (Å²) in [5.41, 5.74) is 0.899. The first-order valence-corrected chi connectivity index (χ1v) is 5.22. The highest BCUT2D eigenvalue weighted by molar-refractivity contribution is 5.94. The third-order valence-corrected chi connectivity index (χ3v) is 2.10. The average molecular weight is 240 g/mol. The zero-order chi connectivity index (χ0) is 12.8. The van der Waals surface area contributed by atoms with Gasteiger partial charge in [-0.2, -0.15) is 0 Å². The van der Waals surface area contributed by atoms with Crippen molar-refractivity contribution in [3.63, 3.8) is 0 Å². The van der Waals surface area contributed by atoms with E-state index in [1.54, 1.807) is 13.8 Å². The van der Waals surface area contributed by atoms with Crippen LogP contribution in [-0.4, -0.2) is 31.6 Å². The molecule has 0 amide bonds. The van der Waals surface area contributed by atoms with Crippen molar-refractivity contribution in [1.82, 2.24) is 0 Å². The smallest absolute Gasteiger partial charge is 0.342 e. The van der Waals surface area contributed by atoms with Crippen LogP contribution in [0.3, 0.4) is 0 Å². The minimum Gasteiger partial charge on any atom is -0.508 e. The van der Waals surface area contributed by atoms with Crippen LogP contribution in [0.25, 0.3) is 0 Å². The Labute approximate surface area is 99.9 Å². The fourth-order valence-electron chi connectivity index (χ4n) is 1.44. The second kappa shape index (κ2) is 6.10. The molecule has 0 saturated carbocycles. The number of aryl methyl sites for hydroxylation is 1. The molecule has 0 aromatic heterocycles. The Morgan fingerprint density at radius 1 is 1.41 bits per heavy atom.